The smallest absolute Gasteiger partial charge is 0.276 e. The fourth-order valence-corrected chi connectivity index (χ4v) is 3.95. The van der Waals surface area contributed by atoms with Crippen LogP contribution in [0, 0.1) is 6.92 Å². The van der Waals surface area contributed by atoms with Crippen LogP contribution in [0.4, 0.5) is 0 Å². The summed E-state index contributed by atoms with van der Waals surface area (Å²) in [7, 11) is 1.89. The average molecular weight is 362 g/mol. The molecule has 25 heavy (non-hydrogen) atoms. The molecule has 6 nitrogen and oxygen atoms in total. The first-order valence-corrected chi connectivity index (χ1v) is 8.63. The van der Waals surface area contributed by atoms with Crippen LogP contribution in [-0.2, 0) is 0 Å². The van der Waals surface area contributed by atoms with E-state index in [9.17, 15) is 4.79 Å². The summed E-state index contributed by atoms with van der Waals surface area (Å²) in [5.74, 6) is -0.0415. The Balaban J connectivity index is 0.00000182. The number of nitrogens with one attached hydrogen (secondary N) is 1. The van der Waals surface area contributed by atoms with Crippen LogP contribution in [-0.4, -0.2) is 51.0 Å². The van der Waals surface area contributed by atoms with Crippen LogP contribution in [0.5, 0.6) is 0 Å². The topological polar surface area (TPSA) is 63.1 Å². The Kier molecular flexibility index (Phi) is 5.11. The zero-order chi connectivity index (χ0) is 16.7. The van der Waals surface area contributed by atoms with E-state index in [2.05, 4.69) is 15.6 Å². The van der Waals surface area contributed by atoms with Gasteiger partial charge < -0.3 is 10.2 Å². The van der Waals surface area contributed by atoms with Gasteiger partial charge in [-0.3, -0.25) is 4.79 Å². The summed E-state index contributed by atoms with van der Waals surface area (Å²) in [6, 6.07) is 9.41. The molecule has 4 rings (SSSR count). The van der Waals surface area contributed by atoms with E-state index < -0.39 is 0 Å². The van der Waals surface area contributed by atoms with Crippen molar-refractivity contribution >= 4 is 18.3 Å². The summed E-state index contributed by atoms with van der Waals surface area (Å²) < 4.78 is 1.67. The number of carbonyl (C=O) groups is 1. The normalized spacial score (nSPS) is 24.6. The molecule has 0 aliphatic carbocycles. The van der Waals surface area contributed by atoms with Gasteiger partial charge >= 0.3 is 0 Å². The fraction of sp³-hybridized carbons (Fsp3) is 0.500. The van der Waals surface area contributed by atoms with Gasteiger partial charge in [0.2, 0.25) is 0 Å². The van der Waals surface area contributed by atoms with Crippen LogP contribution in [0.2, 0.25) is 0 Å². The SMILES string of the molecule is Cc1cccc(-n2cc(C(=O)N(C)C3CC4CCC(C3)N4)nn2)c1.Cl. The van der Waals surface area contributed by atoms with Crippen molar-refractivity contribution in [1.82, 2.24) is 25.2 Å². The van der Waals surface area contributed by atoms with E-state index in [0.29, 0.717) is 23.8 Å². The number of carbonyl (C=O) groups excluding carboxylic acids is 1. The molecule has 7 heteroatoms. The molecule has 2 saturated heterocycles. The minimum Gasteiger partial charge on any atom is -0.337 e. The molecule has 0 saturated carbocycles. The van der Waals surface area contributed by atoms with Crippen molar-refractivity contribution in [2.24, 2.45) is 0 Å². The van der Waals surface area contributed by atoms with Gasteiger partial charge in [0.25, 0.3) is 5.91 Å². The average Bonchev–Trinajstić information content (AvgIpc) is 3.20. The van der Waals surface area contributed by atoms with Crippen LogP contribution < -0.4 is 5.32 Å². The summed E-state index contributed by atoms with van der Waals surface area (Å²) in [5, 5.41) is 11.8. The summed E-state index contributed by atoms with van der Waals surface area (Å²) in [5.41, 5.74) is 2.48. The maximum atomic E-state index is 12.8. The number of hydrogen-bond donors (Lipinski definition) is 1. The van der Waals surface area contributed by atoms with Gasteiger partial charge in [0.1, 0.15) is 0 Å². The third-order valence-corrected chi connectivity index (χ3v) is 5.29. The van der Waals surface area contributed by atoms with Crippen molar-refractivity contribution in [3.05, 3.63) is 41.7 Å². The monoisotopic (exact) mass is 361 g/mol. The first-order chi connectivity index (χ1) is 11.6. The number of hydrogen-bond acceptors (Lipinski definition) is 4. The molecule has 0 radical (unpaired) electrons. The Morgan fingerprint density at radius 3 is 2.68 bits per heavy atom. The number of fused-ring (bicyclic) bond motifs is 2. The number of aromatic nitrogens is 3. The Hall–Kier alpha value is -1.92. The van der Waals surface area contributed by atoms with E-state index in [1.807, 2.05) is 43.1 Å². The fourth-order valence-electron chi connectivity index (χ4n) is 3.95. The number of aryl methyl sites for hydroxylation is 1. The highest BCUT2D eigenvalue weighted by Crippen LogP contribution is 2.29. The molecule has 1 amide bonds. The molecule has 2 aliphatic heterocycles. The summed E-state index contributed by atoms with van der Waals surface area (Å²) in [6.07, 6.45) is 6.25. The number of piperidine rings is 1. The molecule has 2 aliphatic rings. The van der Waals surface area contributed by atoms with Crippen molar-refractivity contribution in [3.63, 3.8) is 0 Å². The first-order valence-electron chi connectivity index (χ1n) is 8.63. The lowest BCUT2D eigenvalue weighted by molar-refractivity contribution is 0.0675. The minimum absolute atomic E-state index is 0. The van der Waals surface area contributed by atoms with Gasteiger partial charge in [-0.15, -0.1) is 17.5 Å². The van der Waals surface area contributed by atoms with Gasteiger partial charge in [0.15, 0.2) is 5.69 Å². The molecule has 2 aromatic rings. The van der Waals surface area contributed by atoms with Crippen LogP contribution >= 0.6 is 12.4 Å². The number of rotatable bonds is 3. The molecular weight excluding hydrogens is 338 g/mol. The molecule has 2 unspecified atom stereocenters. The van der Waals surface area contributed by atoms with Gasteiger partial charge in [-0.05, 0) is 50.3 Å². The summed E-state index contributed by atoms with van der Waals surface area (Å²) in [4.78, 5) is 14.6. The summed E-state index contributed by atoms with van der Waals surface area (Å²) in [6.45, 7) is 2.03. The highest BCUT2D eigenvalue weighted by molar-refractivity contribution is 5.92. The minimum atomic E-state index is -0.0415. The van der Waals surface area contributed by atoms with Gasteiger partial charge in [0, 0.05) is 25.2 Å². The van der Waals surface area contributed by atoms with E-state index in [1.54, 1.807) is 10.9 Å². The zero-order valence-corrected chi connectivity index (χ0v) is 15.4. The third kappa shape index (κ3) is 3.55. The largest absolute Gasteiger partial charge is 0.337 e. The van der Waals surface area contributed by atoms with Crippen LogP contribution in [0.15, 0.2) is 30.5 Å². The number of nitrogens with zero attached hydrogens (tertiary/aromatic N) is 4. The van der Waals surface area contributed by atoms with Crippen LogP contribution in [0.25, 0.3) is 5.69 Å². The van der Waals surface area contributed by atoms with Gasteiger partial charge in [-0.2, -0.15) is 0 Å². The van der Waals surface area contributed by atoms with Gasteiger partial charge in [0.05, 0.1) is 11.9 Å². The highest BCUT2D eigenvalue weighted by Gasteiger charge is 2.36. The molecule has 1 aromatic carbocycles. The second kappa shape index (κ2) is 7.14. The number of benzene rings is 1. The highest BCUT2D eigenvalue weighted by atomic mass is 35.5. The Morgan fingerprint density at radius 1 is 1.28 bits per heavy atom. The van der Waals surface area contributed by atoms with E-state index >= 15 is 0 Å². The second-order valence-corrected chi connectivity index (χ2v) is 7.07. The molecule has 1 N–H and O–H groups in total. The molecule has 0 spiro atoms. The van der Waals surface area contributed by atoms with E-state index in [0.717, 1.165) is 24.1 Å². The zero-order valence-electron chi connectivity index (χ0n) is 14.6. The number of amides is 1. The van der Waals surface area contributed by atoms with Crippen LogP contribution in [0.3, 0.4) is 0 Å². The van der Waals surface area contributed by atoms with Crippen molar-refractivity contribution in [1.29, 1.82) is 0 Å². The number of halogens is 1. The van der Waals surface area contributed by atoms with E-state index in [4.69, 9.17) is 0 Å². The lowest BCUT2D eigenvalue weighted by atomic mass is 9.98. The molecule has 3 heterocycles. The molecule has 2 atom stereocenters. The predicted molar refractivity (Wildman–Crippen MR) is 98.4 cm³/mol. The van der Waals surface area contributed by atoms with Crippen molar-refractivity contribution in [3.8, 4) is 5.69 Å². The molecule has 134 valence electrons. The Bertz CT molecular complexity index is 749. The molecule has 2 bridgehead atoms. The Morgan fingerprint density at radius 2 is 2.00 bits per heavy atom. The maximum absolute atomic E-state index is 12.8. The predicted octanol–water partition coefficient (Wildman–Crippen LogP) is 2.35. The standard InChI is InChI=1S/C18H23N5O.ClH/c1-12-4-3-5-15(8-12)23-11-17(20-21-23)18(24)22(2)16-9-13-6-7-14(10-16)19-13;/h3-5,8,11,13-14,16,19H,6-7,9-10H2,1-2H3;1H. The molecule has 1 aromatic heterocycles. The third-order valence-electron chi connectivity index (χ3n) is 5.29. The van der Waals surface area contributed by atoms with Crippen molar-refractivity contribution in [2.45, 2.75) is 50.7 Å². The first kappa shape index (κ1) is 17.9. The molecule has 2 fully saturated rings. The van der Waals surface area contributed by atoms with Crippen LogP contribution in [0.1, 0.15) is 41.7 Å². The second-order valence-electron chi connectivity index (χ2n) is 7.07. The van der Waals surface area contributed by atoms with Crippen molar-refractivity contribution < 1.29 is 4.79 Å². The summed E-state index contributed by atoms with van der Waals surface area (Å²) >= 11 is 0. The van der Waals surface area contributed by atoms with Gasteiger partial charge in [-0.1, -0.05) is 17.3 Å². The van der Waals surface area contributed by atoms with Crippen molar-refractivity contribution in [2.75, 3.05) is 7.05 Å². The molecular formula is C18H24ClN5O. The quantitative estimate of drug-likeness (QED) is 0.911. The van der Waals surface area contributed by atoms with E-state index in [1.165, 1.54) is 12.8 Å². The lowest BCUT2D eigenvalue weighted by Crippen LogP contribution is -2.48. The van der Waals surface area contributed by atoms with Gasteiger partial charge in [-0.25, -0.2) is 4.68 Å². The lowest BCUT2D eigenvalue weighted by Gasteiger charge is -2.35. The maximum Gasteiger partial charge on any atom is 0.276 e. The van der Waals surface area contributed by atoms with E-state index in [-0.39, 0.29) is 18.3 Å². The Labute approximate surface area is 154 Å².